The van der Waals surface area contributed by atoms with Crippen LogP contribution in [0.25, 0.3) is 10.9 Å². The predicted octanol–water partition coefficient (Wildman–Crippen LogP) is 0.970. The summed E-state index contributed by atoms with van der Waals surface area (Å²) in [6, 6.07) is 5.53. The third kappa shape index (κ3) is 2.90. The van der Waals surface area contributed by atoms with Gasteiger partial charge in [-0.2, -0.15) is 4.37 Å². The number of methoxy groups -OCH3 is 1. The molecule has 1 aromatic carbocycles. The summed E-state index contributed by atoms with van der Waals surface area (Å²) in [5.41, 5.74) is 1.92. The average Bonchev–Trinajstić information content (AvgIpc) is 3.13. The summed E-state index contributed by atoms with van der Waals surface area (Å²) in [5, 5.41) is 15.0. The molecule has 0 spiro atoms. The molecule has 0 bridgehead atoms. The number of hydrogen-bond donors (Lipinski definition) is 2. The topological polar surface area (TPSA) is 91.8 Å². The van der Waals surface area contributed by atoms with Crippen LogP contribution in [0, 0.1) is 0 Å². The minimum Gasteiger partial charge on any atom is -0.466 e. The first-order valence-corrected chi connectivity index (χ1v) is 7.80. The standard InChI is InChI=1S/C15H15N3O4S/c1-22-15(21)11-7-18(4-5-19)14(20)13(11)16-10-3-2-9-8-23-17-12(9)6-10/h2-3,6,8,16,19H,4-5,7H2,1H3. The second kappa shape index (κ2) is 6.35. The van der Waals surface area contributed by atoms with Crippen molar-refractivity contribution in [3.05, 3.63) is 34.8 Å². The Hall–Kier alpha value is -2.45. The fraction of sp³-hybridized carbons (Fsp3) is 0.267. The Morgan fingerprint density at radius 2 is 2.35 bits per heavy atom. The van der Waals surface area contributed by atoms with E-state index in [1.165, 1.54) is 23.5 Å². The molecule has 1 aliphatic rings. The number of esters is 1. The molecule has 1 aromatic heterocycles. The van der Waals surface area contributed by atoms with Crippen LogP contribution in [0.5, 0.6) is 0 Å². The Bertz CT molecular complexity index is 799. The number of hydrogen-bond acceptors (Lipinski definition) is 7. The number of aliphatic hydroxyl groups excluding tert-OH is 1. The molecule has 2 aromatic rings. The van der Waals surface area contributed by atoms with Crippen LogP contribution in [0.2, 0.25) is 0 Å². The zero-order chi connectivity index (χ0) is 16.4. The molecule has 8 heteroatoms. The number of nitrogens with zero attached hydrogens (tertiary/aromatic N) is 2. The maximum Gasteiger partial charge on any atom is 0.337 e. The van der Waals surface area contributed by atoms with E-state index in [0.29, 0.717) is 5.69 Å². The lowest BCUT2D eigenvalue weighted by Gasteiger charge is -2.15. The van der Waals surface area contributed by atoms with Crippen LogP contribution >= 0.6 is 11.5 Å². The van der Waals surface area contributed by atoms with Crippen LogP contribution in [0.3, 0.4) is 0 Å². The number of rotatable bonds is 5. The van der Waals surface area contributed by atoms with Gasteiger partial charge in [0, 0.05) is 23.0 Å². The summed E-state index contributed by atoms with van der Waals surface area (Å²) in [5.74, 6) is -0.895. The molecule has 0 aliphatic carbocycles. The normalized spacial score (nSPS) is 14.7. The van der Waals surface area contributed by atoms with Crippen molar-refractivity contribution in [3.63, 3.8) is 0 Å². The summed E-state index contributed by atoms with van der Waals surface area (Å²) in [6.07, 6.45) is 0. The van der Waals surface area contributed by atoms with Gasteiger partial charge in [0.05, 0.1) is 31.4 Å². The van der Waals surface area contributed by atoms with E-state index in [4.69, 9.17) is 9.84 Å². The number of aromatic nitrogens is 1. The largest absolute Gasteiger partial charge is 0.466 e. The Labute approximate surface area is 136 Å². The molecule has 7 nitrogen and oxygen atoms in total. The minimum absolute atomic E-state index is 0.118. The van der Waals surface area contributed by atoms with E-state index in [0.717, 1.165) is 10.9 Å². The average molecular weight is 333 g/mol. The maximum absolute atomic E-state index is 12.4. The van der Waals surface area contributed by atoms with Gasteiger partial charge in [0.2, 0.25) is 0 Å². The van der Waals surface area contributed by atoms with Crippen LogP contribution in [0.1, 0.15) is 0 Å². The van der Waals surface area contributed by atoms with E-state index in [1.807, 2.05) is 23.6 Å². The summed E-state index contributed by atoms with van der Waals surface area (Å²) < 4.78 is 9.00. The second-order valence-corrected chi connectivity index (χ2v) is 5.64. The zero-order valence-corrected chi connectivity index (χ0v) is 13.2. The first-order chi connectivity index (χ1) is 11.1. The van der Waals surface area contributed by atoms with Gasteiger partial charge in [-0.25, -0.2) is 4.79 Å². The van der Waals surface area contributed by atoms with E-state index < -0.39 is 5.97 Å². The molecule has 23 heavy (non-hydrogen) atoms. The van der Waals surface area contributed by atoms with Gasteiger partial charge < -0.3 is 20.1 Å². The van der Waals surface area contributed by atoms with Gasteiger partial charge in [0.1, 0.15) is 5.70 Å². The molecule has 2 N–H and O–H groups in total. The Morgan fingerprint density at radius 3 is 3.09 bits per heavy atom. The van der Waals surface area contributed by atoms with Crippen molar-refractivity contribution in [2.24, 2.45) is 0 Å². The molecule has 0 saturated carbocycles. The highest BCUT2D eigenvalue weighted by Crippen LogP contribution is 2.25. The lowest BCUT2D eigenvalue weighted by atomic mass is 10.2. The molecular formula is C15H15N3O4S. The van der Waals surface area contributed by atoms with Crippen molar-refractivity contribution in [1.29, 1.82) is 0 Å². The van der Waals surface area contributed by atoms with Gasteiger partial charge in [-0.15, -0.1) is 0 Å². The fourth-order valence-corrected chi connectivity index (χ4v) is 3.07. The number of anilines is 1. The van der Waals surface area contributed by atoms with Crippen LogP contribution < -0.4 is 5.32 Å². The molecule has 120 valence electrons. The second-order valence-electron chi connectivity index (χ2n) is 5.01. The monoisotopic (exact) mass is 333 g/mol. The molecular weight excluding hydrogens is 318 g/mol. The number of fused-ring (bicyclic) bond motifs is 1. The van der Waals surface area contributed by atoms with Crippen LogP contribution in [0.4, 0.5) is 5.69 Å². The Kier molecular flexibility index (Phi) is 4.26. The quantitative estimate of drug-likeness (QED) is 0.792. The fourth-order valence-electron chi connectivity index (χ4n) is 2.43. The molecule has 0 unspecified atom stereocenters. The predicted molar refractivity (Wildman–Crippen MR) is 86.0 cm³/mol. The van der Waals surface area contributed by atoms with Crippen LogP contribution in [-0.4, -0.2) is 53.1 Å². The van der Waals surface area contributed by atoms with Crippen molar-refractivity contribution in [2.75, 3.05) is 32.1 Å². The van der Waals surface area contributed by atoms with Crippen molar-refractivity contribution in [2.45, 2.75) is 0 Å². The lowest BCUT2D eigenvalue weighted by Crippen LogP contribution is -2.31. The van der Waals surface area contributed by atoms with Gasteiger partial charge in [0.15, 0.2) is 0 Å². The van der Waals surface area contributed by atoms with Crippen LogP contribution in [-0.2, 0) is 14.3 Å². The third-order valence-electron chi connectivity index (χ3n) is 3.58. The third-order valence-corrected chi connectivity index (χ3v) is 4.25. The van der Waals surface area contributed by atoms with Gasteiger partial charge in [-0.05, 0) is 29.7 Å². The van der Waals surface area contributed by atoms with Crippen LogP contribution in [0.15, 0.2) is 34.8 Å². The molecule has 1 amide bonds. The lowest BCUT2D eigenvalue weighted by molar-refractivity contribution is -0.136. The smallest absolute Gasteiger partial charge is 0.337 e. The highest BCUT2D eigenvalue weighted by molar-refractivity contribution is 7.04. The Balaban J connectivity index is 1.92. The number of aliphatic hydroxyl groups is 1. The van der Waals surface area contributed by atoms with Gasteiger partial charge in [0.25, 0.3) is 5.91 Å². The number of nitrogens with one attached hydrogen (secondary N) is 1. The van der Waals surface area contributed by atoms with Crippen molar-refractivity contribution in [1.82, 2.24) is 9.27 Å². The molecule has 1 aliphatic heterocycles. The number of amides is 1. The van der Waals surface area contributed by atoms with E-state index >= 15 is 0 Å². The van der Waals surface area contributed by atoms with Crippen molar-refractivity contribution >= 4 is 40.0 Å². The zero-order valence-electron chi connectivity index (χ0n) is 12.4. The molecule has 0 fully saturated rings. The van der Waals surface area contributed by atoms with E-state index in [2.05, 4.69) is 9.69 Å². The molecule has 3 rings (SSSR count). The SMILES string of the molecule is COC(=O)C1=C(Nc2ccc3csnc3c2)C(=O)N(CCO)C1. The highest BCUT2D eigenvalue weighted by Gasteiger charge is 2.34. The summed E-state index contributed by atoms with van der Waals surface area (Å²) in [6.45, 7) is 0.112. The van der Waals surface area contributed by atoms with Crippen molar-refractivity contribution < 1.29 is 19.4 Å². The minimum atomic E-state index is -0.559. The van der Waals surface area contributed by atoms with E-state index in [9.17, 15) is 9.59 Å². The molecule has 0 atom stereocenters. The first-order valence-electron chi connectivity index (χ1n) is 6.97. The molecule has 2 heterocycles. The van der Waals surface area contributed by atoms with Gasteiger partial charge in [-0.1, -0.05) is 0 Å². The van der Waals surface area contributed by atoms with Gasteiger partial charge >= 0.3 is 5.97 Å². The maximum atomic E-state index is 12.4. The van der Waals surface area contributed by atoms with E-state index in [1.54, 1.807) is 0 Å². The number of carbonyl (C=O) groups excluding carboxylic acids is 2. The number of carbonyl (C=O) groups is 2. The van der Waals surface area contributed by atoms with Crippen molar-refractivity contribution in [3.8, 4) is 0 Å². The molecule has 0 saturated heterocycles. The number of ether oxygens (including phenoxy) is 1. The summed E-state index contributed by atoms with van der Waals surface area (Å²) in [4.78, 5) is 25.7. The summed E-state index contributed by atoms with van der Waals surface area (Å²) >= 11 is 1.35. The number of benzene rings is 1. The number of β-amino-alcohol motifs (C(OH)–C–C–N with tert-alkyl or cyclic N) is 1. The van der Waals surface area contributed by atoms with Gasteiger partial charge in [-0.3, -0.25) is 4.79 Å². The first kappa shape index (κ1) is 15.4. The molecule has 0 radical (unpaired) electrons. The highest BCUT2D eigenvalue weighted by atomic mass is 32.1. The Morgan fingerprint density at radius 1 is 1.52 bits per heavy atom. The summed E-state index contributed by atoms with van der Waals surface area (Å²) in [7, 11) is 1.27. The van der Waals surface area contributed by atoms with E-state index in [-0.39, 0.29) is 36.9 Å².